The Labute approximate surface area is 129 Å². The van der Waals surface area contributed by atoms with Gasteiger partial charge < -0.3 is 10.5 Å². The summed E-state index contributed by atoms with van der Waals surface area (Å²) in [5.74, 6) is 0.683. The maximum atomic E-state index is 12.8. The van der Waals surface area contributed by atoms with Gasteiger partial charge in [-0.1, -0.05) is 29.8 Å². The Morgan fingerprint density at radius 3 is 3.00 bits per heavy atom. The van der Waals surface area contributed by atoms with Crippen LogP contribution < -0.4 is 5.73 Å². The minimum absolute atomic E-state index is 0.0401. The minimum atomic E-state index is -0.858. The van der Waals surface area contributed by atoms with E-state index in [1.807, 2.05) is 24.3 Å². The Morgan fingerprint density at radius 2 is 2.24 bits per heavy atom. The van der Waals surface area contributed by atoms with Gasteiger partial charge >= 0.3 is 0 Å². The molecule has 1 unspecified atom stereocenters. The van der Waals surface area contributed by atoms with Crippen LogP contribution in [0.4, 0.5) is 0 Å². The van der Waals surface area contributed by atoms with Crippen LogP contribution in [0.1, 0.15) is 37.7 Å². The molecule has 1 heterocycles. The number of hydrogen-bond donors (Lipinski definition) is 1. The molecule has 1 fully saturated rings. The fourth-order valence-electron chi connectivity index (χ4n) is 3.18. The highest BCUT2D eigenvalue weighted by molar-refractivity contribution is 6.32. The van der Waals surface area contributed by atoms with E-state index in [0.29, 0.717) is 30.3 Å². The molecule has 1 saturated carbocycles. The Hall–Kier alpha value is -1.39. The summed E-state index contributed by atoms with van der Waals surface area (Å²) in [6.07, 6.45) is 3.45. The number of Topliss-reactive ketones (excluding diaryl/α,β-unsaturated/α-hetero) is 1. The third-order valence-electron chi connectivity index (χ3n) is 4.21. The molecule has 0 saturated heterocycles. The van der Waals surface area contributed by atoms with E-state index in [1.54, 1.807) is 0 Å². The molecule has 4 nitrogen and oxygen atoms in total. The molecule has 112 valence electrons. The molecule has 0 amide bonds. The van der Waals surface area contributed by atoms with Gasteiger partial charge in [0.1, 0.15) is 0 Å². The molecule has 1 aliphatic carbocycles. The third-order valence-corrected chi connectivity index (χ3v) is 4.54. The number of benzene rings is 1. The highest BCUT2D eigenvalue weighted by atomic mass is 35.5. The highest BCUT2D eigenvalue weighted by Crippen LogP contribution is 2.44. The van der Waals surface area contributed by atoms with Crippen LogP contribution in [0.2, 0.25) is 5.02 Å². The summed E-state index contributed by atoms with van der Waals surface area (Å²) in [4.78, 5) is 17.5. The number of carbonyl (C=O) groups is 1. The molecular formula is C16H19ClN2O2. The van der Waals surface area contributed by atoms with Gasteiger partial charge in [-0.15, -0.1) is 0 Å². The van der Waals surface area contributed by atoms with E-state index in [0.717, 1.165) is 24.8 Å². The van der Waals surface area contributed by atoms with Crippen molar-refractivity contribution in [3.05, 3.63) is 34.9 Å². The average molecular weight is 307 g/mol. The predicted molar refractivity (Wildman–Crippen MR) is 82.6 cm³/mol. The minimum Gasteiger partial charge on any atom is -0.470 e. The molecule has 1 aliphatic heterocycles. The zero-order chi connectivity index (χ0) is 14.9. The van der Waals surface area contributed by atoms with Gasteiger partial charge in [-0.3, -0.25) is 4.79 Å². The van der Waals surface area contributed by atoms with E-state index >= 15 is 0 Å². The van der Waals surface area contributed by atoms with Crippen molar-refractivity contribution in [3.8, 4) is 0 Å². The van der Waals surface area contributed by atoms with E-state index in [1.165, 1.54) is 0 Å². The van der Waals surface area contributed by atoms with Gasteiger partial charge in [0.25, 0.3) is 0 Å². The van der Waals surface area contributed by atoms with Crippen LogP contribution in [0.3, 0.4) is 0 Å². The fourth-order valence-corrected chi connectivity index (χ4v) is 3.48. The predicted octanol–water partition coefficient (Wildman–Crippen LogP) is 2.82. The maximum absolute atomic E-state index is 12.8. The lowest BCUT2D eigenvalue weighted by atomic mass is 9.74. The monoisotopic (exact) mass is 306 g/mol. The van der Waals surface area contributed by atoms with Crippen LogP contribution in [0.25, 0.3) is 0 Å². The van der Waals surface area contributed by atoms with Crippen LogP contribution in [-0.4, -0.2) is 24.3 Å². The molecule has 1 aromatic carbocycles. The summed E-state index contributed by atoms with van der Waals surface area (Å²) >= 11 is 6.33. The lowest BCUT2D eigenvalue weighted by Crippen LogP contribution is -2.51. The number of nitrogens with zero attached hydrogens (tertiary/aromatic N) is 1. The van der Waals surface area contributed by atoms with Gasteiger partial charge in [0, 0.05) is 17.0 Å². The molecule has 1 aromatic rings. The van der Waals surface area contributed by atoms with Crippen LogP contribution in [0.5, 0.6) is 0 Å². The number of nitrogens with two attached hydrogens (primary N) is 1. The number of ketones is 1. The number of aliphatic imine (C=N–C) groups is 1. The quantitative estimate of drug-likeness (QED) is 0.930. The van der Waals surface area contributed by atoms with Crippen molar-refractivity contribution in [2.75, 3.05) is 6.54 Å². The first-order chi connectivity index (χ1) is 10.2. The molecule has 2 aliphatic rings. The number of halogens is 1. The van der Waals surface area contributed by atoms with Crippen molar-refractivity contribution >= 4 is 23.3 Å². The first-order valence-corrected chi connectivity index (χ1v) is 7.80. The van der Waals surface area contributed by atoms with Crippen LogP contribution in [-0.2, 0) is 15.1 Å². The molecule has 0 aromatic heterocycles. The van der Waals surface area contributed by atoms with Crippen molar-refractivity contribution in [1.82, 2.24) is 0 Å². The Balaban J connectivity index is 2.07. The smallest absolute Gasteiger partial charge is 0.205 e. The summed E-state index contributed by atoms with van der Waals surface area (Å²) in [5, 5.41) is 0.593. The first kappa shape index (κ1) is 14.5. The van der Waals surface area contributed by atoms with Gasteiger partial charge in [-0.05, 0) is 38.3 Å². The van der Waals surface area contributed by atoms with Gasteiger partial charge in [0.05, 0.1) is 0 Å². The average Bonchev–Trinajstić information content (AvgIpc) is 2.46. The molecule has 0 radical (unpaired) electrons. The summed E-state index contributed by atoms with van der Waals surface area (Å²) in [5.41, 5.74) is 5.50. The molecule has 5 heteroatoms. The molecule has 3 rings (SSSR count). The van der Waals surface area contributed by atoms with Crippen molar-refractivity contribution in [1.29, 1.82) is 0 Å². The van der Waals surface area contributed by atoms with Crippen molar-refractivity contribution in [2.45, 2.75) is 43.7 Å². The van der Waals surface area contributed by atoms with E-state index in [2.05, 4.69) is 4.99 Å². The molecule has 0 spiro atoms. The molecule has 21 heavy (non-hydrogen) atoms. The van der Waals surface area contributed by atoms with Crippen LogP contribution in [0.15, 0.2) is 29.3 Å². The van der Waals surface area contributed by atoms with E-state index in [-0.39, 0.29) is 11.9 Å². The van der Waals surface area contributed by atoms with E-state index < -0.39 is 5.54 Å². The second-order valence-corrected chi connectivity index (χ2v) is 6.01. The lowest BCUT2D eigenvalue weighted by Gasteiger charge is -2.41. The van der Waals surface area contributed by atoms with Gasteiger partial charge in [-0.2, -0.15) is 0 Å². The molecule has 2 bridgehead atoms. The Morgan fingerprint density at radius 1 is 1.43 bits per heavy atom. The summed E-state index contributed by atoms with van der Waals surface area (Å²) in [6.45, 7) is 0.583. The normalized spacial score (nSPS) is 28.0. The molecular weight excluding hydrogens is 288 g/mol. The van der Waals surface area contributed by atoms with Crippen LogP contribution in [0, 0.1) is 0 Å². The Bertz CT molecular complexity index is 587. The van der Waals surface area contributed by atoms with Gasteiger partial charge in [0.2, 0.25) is 5.78 Å². The third kappa shape index (κ3) is 2.47. The summed E-state index contributed by atoms with van der Waals surface area (Å²) < 4.78 is 5.76. The van der Waals surface area contributed by atoms with Crippen molar-refractivity contribution in [3.63, 3.8) is 0 Å². The maximum Gasteiger partial charge on any atom is 0.205 e. The zero-order valence-corrected chi connectivity index (χ0v) is 12.6. The topological polar surface area (TPSA) is 64.7 Å². The number of hydrogen-bond acceptors (Lipinski definition) is 4. The molecule has 2 N–H and O–H groups in total. The summed E-state index contributed by atoms with van der Waals surface area (Å²) in [6, 6.07) is 7.48. The number of fused-ring (bicyclic) bond motifs is 2. The van der Waals surface area contributed by atoms with Gasteiger partial charge in [0.15, 0.2) is 17.5 Å². The van der Waals surface area contributed by atoms with Crippen molar-refractivity contribution in [2.24, 2.45) is 10.7 Å². The largest absolute Gasteiger partial charge is 0.470 e. The van der Waals surface area contributed by atoms with E-state index in [9.17, 15) is 4.79 Å². The van der Waals surface area contributed by atoms with Gasteiger partial charge in [-0.25, -0.2) is 4.99 Å². The number of ether oxygens (including phenoxy) is 1. The number of rotatable bonds is 4. The molecule has 2 atom stereocenters. The standard InChI is InChI=1S/C16H19ClN2O2/c17-12-6-2-1-5-11(12)16-9-3-7-13(15(16)20)21-14(19-16)8-4-10-18/h1-2,5-6,13H,3-4,7-10,18H2/t13-,16?/m0/s1. The zero-order valence-electron chi connectivity index (χ0n) is 11.8. The number of carbonyl (C=O) groups excluding carboxylic acids is 1. The van der Waals surface area contributed by atoms with E-state index in [4.69, 9.17) is 22.1 Å². The first-order valence-electron chi connectivity index (χ1n) is 7.42. The second kappa shape index (κ2) is 5.78. The fraction of sp³-hybridized carbons (Fsp3) is 0.500. The highest BCUT2D eigenvalue weighted by Gasteiger charge is 2.51. The van der Waals surface area contributed by atoms with Crippen molar-refractivity contribution < 1.29 is 9.53 Å². The summed E-state index contributed by atoms with van der Waals surface area (Å²) in [7, 11) is 0. The Kier molecular flexibility index (Phi) is 4.00. The van der Waals surface area contributed by atoms with Crippen LogP contribution >= 0.6 is 11.6 Å². The SMILES string of the molecule is NCCCC1=NC2(c3ccccc3Cl)CCC[C@H](O1)C2=O. The lowest BCUT2D eigenvalue weighted by molar-refractivity contribution is -0.137. The second-order valence-electron chi connectivity index (χ2n) is 5.60.